The van der Waals surface area contributed by atoms with Crippen LogP contribution >= 0.6 is 0 Å². The van der Waals surface area contributed by atoms with E-state index in [9.17, 15) is 39.4 Å². The van der Waals surface area contributed by atoms with Crippen molar-refractivity contribution in [3.05, 3.63) is 58.7 Å². The smallest absolute Gasteiger partial charge is 0.295 e. The van der Waals surface area contributed by atoms with Crippen LogP contribution in [-0.4, -0.2) is 81.1 Å². The van der Waals surface area contributed by atoms with Crippen molar-refractivity contribution in [1.29, 1.82) is 5.26 Å². The summed E-state index contributed by atoms with van der Waals surface area (Å²) in [4.78, 5) is 65.3. The van der Waals surface area contributed by atoms with Gasteiger partial charge in [-0.25, -0.2) is 0 Å². The molecule has 4 heterocycles. The molecule has 3 aromatic rings. The van der Waals surface area contributed by atoms with Crippen LogP contribution < -0.4 is 0 Å². The van der Waals surface area contributed by atoms with Gasteiger partial charge in [-0.2, -0.15) is 5.26 Å². The zero-order valence-corrected chi connectivity index (χ0v) is 23.8. The van der Waals surface area contributed by atoms with Crippen LogP contribution in [0.15, 0.2) is 46.6 Å². The van der Waals surface area contributed by atoms with Crippen LogP contribution in [0.1, 0.15) is 67.1 Å². The fraction of sp³-hybridized carbons (Fsp3) is 0.355. The second-order valence-corrected chi connectivity index (χ2v) is 11.0. The molecule has 14 nitrogen and oxygen atoms in total. The first kappa shape index (κ1) is 29.8. The van der Waals surface area contributed by atoms with E-state index >= 15 is 0 Å². The van der Waals surface area contributed by atoms with E-state index in [1.54, 1.807) is 6.07 Å². The van der Waals surface area contributed by atoms with Crippen molar-refractivity contribution in [3.8, 4) is 17.8 Å². The summed E-state index contributed by atoms with van der Waals surface area (Å²) < 4.78 is 12.4. The van der Waals surface area contributed by atoms with E-state index in [2.05, 4.69) is 10.2 Å². The molecule has 1 aromatic heterocycles. The average Bonchev–Trinajstić information content (AvgIpc) is 3.85. The van der Waals surface area contributed by atoms with Gasteiger partial charge in [0.1, 0.15) is 0 Å². The molecule has 3 aliphatic rings. The number of ketones is 1. The number of aromatic hydroxyl groups is 2. The number of Topliss-reactive ketones (excluding diaryl/α,β-unsaturated/α-hetero) is 1. The summed E-state index contributed by atoms with van der Waals surface area (Å²) in [6.07, 6.45) is 2.75. The molecular weight excluding hydrogens is 586 g/mol. The first-order valence-corrected chi connectivity index (χ1v) is 14.4. The summed E-state index contributed by atoms with van der Waals surface area (Å²) in [6, 6.07) is 9.26. The molecule has 2 saturated heterocycles. The number of amides is 4. The minimum atomic E-state index is -1.97. The molecule has 6 rings (SSSR count). The fourth-order valence-electron chi connectivity index (χ4n) is 5.82. The van der Waals surface area contributed by atoms with Crippen LogP contribution in [0.25, 0.3) is 10.8 Å². The van der Waals surface area contributed by atoms with Crippen LogP contribution in [0.2, 0.25) is 0 Å². The summed E-state index contributed by atoms with van der Waals surface area (Å²) in [5, 5.41) is 38.0. The molecule has 3 aliphatic heterocycles. The first-order chi connectivity index (χ1) is 21.7. The number of nitriles is 1. The molecule has 45 heavy (non-hydrogen) atoms. The van der Waals surface area contributed by atoms with Gasteiger partial charge in [0, 0.05) is 35.1 Å². The van der Waals surface area contributed by atoms with Gasteiger partial charge in [-0.3, -0.25) is 33.4 Å². The third-order valence-corrected chi connectivity index (χ3v) is 8.21. The highest BCUT2D eigenvalue weighted by Crippen LogP contribution is 2.38. The van der Waals surface area contributed by atoms with Crippen LogP contribution in [-0.2, 0) is 20.8 Å². The number of imide groups is 1. The molecule has 0 bridgehead atoms. The summed E-state index contributed by atoms with van der Waals surface area (Å²) >= 11 is 0. The van der Waals surface area contributed by atoms with E-state index in [4.69, 9.17) is 9.47 Å². The Morgan fingerprint density at radius 2 is 1.51 bits per heavy atom. The van der Waals surface area contributed by atoms with Crippen LogP contribution in [0, 0.1) is 17.2 Å². The van der Waals surface area contributed by atoms with Crippen LogP contribution in [0.5, 0.6) is 11.8 Å². The lowest BCUT2D eigenvalue weighted by Crippen LogP contribution is -2.36. The van der Waals surface area contributed by atoms with Crippen LogP contribution in [0.3, 0.4) is 0 Å². The lowest BCUT2D eigenvalue weighted by molar-refractivity contribution is -0.119. The SMILES string of the molecule is N#C[C@H](C(=O)N=NC(=O)c1ccc2c(O)n(C[C@@H]3CCCO3)c(O)c2c1)C(=O)c1ccc2c(c1)C(=O)N(C[C@@H]1CCCO1)C2=O. The van der Waals surface area contributed by atoms with Crippen molar-refractivity contribution < 1.29 is 43.7 Å². The van der Waals surface area contributed by atoms with Gasteiger partial charge in [-0.15, -0.1) is 10.2 Å². The van der Waals surface area contributed by atoms with Crippen molar-refractivity contribution in [2.75, 3.05) is 19.8 Å². The Kier molecular flexibility index (Phi) is 7.96. The maximum Gasteiger partial charge on any atom is 0.295 e. The lowest BCUT2D eigenvalue weighted by Gasteiger charge is -2.17. The maximum absolute atomic E-state index is 13.1. The molecule has 14 heteroatoms. The van der Waals surface area contributed by atoms with Crippen LogP contribution in [0.4, 0.5) is 0 Å². The topological polar surface area (TPSA) is 201 Å². The Labute approximate surface area is 255 Å². The molecule has 3 atom stereocenters. The van der Waals surface area contributed by atoms with Gasteiger partial charge in [0.05, 0.1) is 42.5 Å². The molecule has 0 aliphatic carbocycles. The minimum Gasteiger partial charge on any atom is -0.494 e. The predicted octanol–water partition coefficient (Wildman–Crippen LogP) is 3.15. The van der Waals surface area contributed by atoms with Gasteiger partial charge < -0.3 is 19.7 Å². The minimum absolute atomic E-state index is 0.0286. The maximum atomic E-state index is 13.1. The molecule has 0 unspecified atom stereocenters. The largest absolute Gasteiger partial charge is 0.494 e. The number of rotatable bonds is 8. The lowest BCUT2D eigenvalue weighted by atomic mass is 9.95. The Bertz CT molecular complexity index is 1830. The van der Waals surface area contributed by atoms with E-state index < -0.39 is 35.3 Å². The quantitative estimate of drug-likeness (QED) is 0.164. The Morgan fingerprint density at radius 1 is 0.867 bits per heavy atom. The number of azo groups is 1. The van der Waals surface area contributed by atoms with E-state index in [1.165, 1.54) is 34.9 Å². The van der Waals surface area contributed by atoms with Crippen molar-refractivity contribution >= 4 is 40.2 Å². The van der Waals surface area contributed by atoms with E-state index in [0.29, 0.717) is 19.6 Å². The predicted molar refractivity (Wildman–Crippen MR) is 153 cm³/mol. The summed E-state index contributed by atoms with van der Waals surface area (Å²) in [5.41, 5.74) is -0.168. The molecule has 4 amide bonds. The molecule has 2 N–H and O–H groups in total. The zero-order chi connectivity index (χ0) is 31.8. The van der Waals surface area contributed by atoms with Crippen molar-refractivity contribution in [2.45, 2.75) is 44.4 Å². The summed E-state index contributed by atoms with van der Waals surface area (Å²) in [7, 11) is 0. The van der Waals surface area contributed by atoms with Gasteiger partial charge in [0.25, 0.3) is 23.6 Å². The number of nitrogens with zero attached hydrogens (tertiary/aromatic N) is 5. The van der Waals surface area contributed by atoms with Crippen molar-refractivity contribution in [3.63, 3.8) is 0 Å². The van der Waals surface area contributed by atoms with Gasteiger partial charge in [-0.05, 0) is 56.0 Å². The molecule has 0 radical (unpaired) electrons. The third kappa shape index (κ3) is 5.47. The van der Waals surface area contributed by atoms with Gasteiger partial charge in [0.15, 0.2) is 11.7 Å². The number of ether oxygens (including phenoxy) is 2. The fourth-order valence-corrected chi connectivity index (χ4v) is 5.82. The van der Waals surface area contributed by atoms with Gasteiger partial charge in [0.2, 0.25) is 11.8 Å². The number of benzene rings is 2. The average molecular weight is 614 g/mol. The number of hydrogen-bond donors (Lipinski definition) is 2. The zero-order valence-electron chi connectivity index (χ0n) is 23.8. The Balaban J connectivity index is 1.16. The second-order valence-electron chi connectivity index (χ2n) is 11.0. The highest BCUT2D eigenvalue weighted by Gasteiger charge is 2.39. The van der Waals surface area contributed by atoms with E-state index in [0.717, 1.165) is 30.2 Å². The normalized spacial score (nSPS) is 20.2. The number of carbonyl (C=O) groups is 5. The highest BCUT2D eigenvalue weighted by molar-refractivity contribution is 6.22. The number of hydrogen-bond acceptors (Lipinski definition) is 10. The first-order valence-electron chi connectivity index (χ1n) is 14.4. The number of fused-ring (bicyclic) bond motifs is 2. The standard InChI is InChI=1S/C31H27N5O9/c32-13-24(25(37)16-5-7-20-22(11-16)30(42)35(28(20)40)14-18-3-1-9-44-18)27(39)34-33-26(38)17-6-8-21-23(12-17)31(43)36(29(21)41)15-19-4-2-10-45-19/h5-8,11-12,18-19,24,41,43H,1-4,9-10,14-15H2/t18-,19-,24-/m0/s1. The monoisotopic (exact) mass is 613 g/mol. The third-order valence-electron chi connectivity index (χ3n) is 8.21. The Morgan fingerprint density at radius 3 is 2.18 bits per heavy atom. The second kappa shape index (κ2) is 12.0. The number of aromatic nitrogens is 1. The molecule has 230 valence electrons. The van der Waals surface area contributed by atoms with Crippen molar-refractivity contribution in [1.82, 2.24) is 9.47 Å². The molecule has 0 saturated carbocycles. The highest BCUT2D eigenvalue weighted by atomic mass is 16.5. The summed E-state index contributed by atoms with van der Waals surface area (Å²) in [5.74, 6) is -6.85. The Hall–Kier alpha value is -5.26. The van der Waals surface area contributed by atoms with E-state index in [1.807, 2.05) is 0 Å². The molecule has 0 spiro atoms. The van der Waals surface area contributed by atoms with Gasteiger partial charge in [-0.1, -0.05) is 6.07 Å². The number of carbonyl (C=O) groups excluding carboxylic acids is 5. The summed E-state index contributed by atoms with van der Waals surface area (Å²) in [6.45, 7) is 1.44. The molecule has 2 aromatic carbocycles. The molecular formula is C31H27N5O9. The van der Waals surface area contributed by atoms with Gasteiger partial charge >= 0.3 is 0 Å². The molecule has 2 fully saturated rings. The van der Waals surface area contributed by atoms with Crippen molar-refractivity contribution in [2.24, 2.45) is 16.1 Å². The van der Waals surface area contributed by atoms with E-state index in [-0.39, 0.29) is 70.1 Å².